The Kier molecular flexibility index (Phi) is 3.16. The van der Waals surface area contributed by atoms with Crippen molar-refractivity contribution in [3.63, 3.8) is 0 Å². The number of hydrogen-bond acceptors (Lipinski definition) is 6. The van der Waals surface area contributed by atoms with Crippen LogP contribution in [0.2, 0.25) is 0 Å². The van der Waals surface area contributed by atoms with E-state index in [1.807, 2.05) is 0 Å². The number of thiazole rings is 1. The Morgan fingerprint density at radius 1 is 1.19 bits per heavy atom. The van der Waals surface area contributed by atoms with E-state index in [0.29, 0.717) is 10.2 Å². The highest BCUT2D eigenvalue weighted by atomic mass is 35.5. The molecule has 10 heteroatoms. The summed E-state index contributed by atoms with van der Waals surface area (Å²) >= 11 is 12.2. The fourth-order valence-electron chi connectivity index (χ4n) is 1.76. The van der Waals surface area contributed by atoms with E-state index in [-0.39, 0.29) is 20.9 Å². The SMILES string of the molecule is O=C1C(Cl)=C(Cl)C(=O)N1c1nc2ccc([N+](=O)[O-])cc2s1. The van der Waals surface area contributed by atoms with E-state index in [9.17, 15) is 19.7 Å². The zero-order valence-corrected chi connectivity index (χ0v) is 12.2. The number of amides is 2. The van der Waals surface area contributed by atoms with Crippen LogP contribution in [-0.4, -0.2) is 21.7 Å². The van der Waals surface area contributed by atoms with Crippen LogP contribution in [0.5, 0.6) is 0 Å². The predicted molar refractivity (Wildman–Crippen MR) is 77.5 cm³/mol. The Balaban J connectivity index is 2.09. The molecule has 0 N–H and O–H groups in total. The molecule has 0 aliphatic carbocycles. The molecular weight excluding hydrogens is 341 g/mol. The standard InChI is InChI=1S/C11H3Cl2N3O4S/c12-7-8(13)10(18)15(9(7)17)11-14-5-2-1-4(16(19)20)3-6(5)21-11/h1-3H. The molecule has 0 unspecified atom stereocenters. The molecule has 7 nitrogen and oxygen atoms in total. The van der Waals surface area contributed by atoms with E-state index < -0.39 is 16.7 Å². The number of nitrogens with zero attached hydrogens (tertiary/aromatic N) is 3. The fourth-order valence-corrected chi connectivity index (χ4v) is 3.09. The van der Waals surface area contributed by atoms with Crippen LogP contribution in [0.25, 0.3) is 10.2 Å². The number of rotatable bonds is 2. The molecule has 1 aromatic carbocycles. The van der Waals surface area contributed by atoms with E-state index in [0.717, 1.165) is 16.2 Å². The summed E-state index contributed by atoms with van der Waals surface area (Å²) in [5.41, 5.74) is 0.325. The number of nitro benzene ring substituents is 1. The Labute approximate surface area is 130 Å². The molecule has 21 heavy (non-hydrogen) atoms. The van der Waals surface area contributed by atoms with Gasteiger partial charge in [-0.1, -0.05) is 34.5 Å². The minimum absolute atomic E-state index is 0.0642. The summed E-state index contributed by atoms with van der Waals surface area (Å²) in [7, 11) is 0. The highest BCUT2D eigenvalue weighted by Crippen LogP contribution is 2.36. The van der Waals surface area contributed by atoms with E-state index in [1.165, 1.54) is 18.2 Å². The van der Waals surface area contributed by atoms with Gasteiger partial charge in [-0.2, -0.15) is 0 Å². The monoisotopic (exact) mass is 343 g/mol. The molecule has 2 aromatic rings. The normalized spacial score (nSPS) is 15.4. The van der Waals surface area contributed by atoms with Gasteiger partial charge in [0.25, 0.3) is 17.5 Å². The maximum absolute atomic E-state index is 11.9. The first-order valence-electron chi connectivity index (χ1n) is 5.39. The summed E-state index contributed by atoms with van der Waals surface area (Å²) in [6.45, 7) is 0. The van der Waals surface area contributed by atoms with Crippen molar-refractivity contribution in [2.24, 2.45) is 0 Å². The lowest BCUT2D eigenvalue weighted by atomic mass is 10.3. The Hall–Kier alpha value is -2.03. The van der Waals surface area contributed by atoms with E-state index in [1.54, 1.807) is 0 Å². The maximum atomic E-state index is 11.9. The number of benzene rings is 1. The smallest absolute Gasteiger partial charge is 0.267 e. The third-order valence-electron chi connectivity index (χ3n) is 2.74. The van der Waals surface area contributed by atoms with Gasteiger partial charge >= 0.3 is 0 Å². The Morgan fingerprint density at radius 3 is 2.38 bits per heavy atom. The second-order valence-corrected chi connectivity index (χ2v) is 5.74. The van der Waals surface area contributed by atoms with Gasteiger partial charge in [-0.3, -0.25) is 19.7 Å². The number of anilines is 1. The minimum atomic E-state index is -0.764. The van der Waals surface area contributed by atoms with E-state index >= 15 is 0 Å². The Morgan fingerprint density at radius 2 is 1.81 bits per heavy atom. The van der Waals surface area contributed by atoms with Crippen molar-refractivity contribution in [2.45, 2.75) is 0 Å². The number of fused-ring (bicyclic) bond motifs is 1. The van der Waals surface area contributed by atoms with Crippen LogP contribution >= 0.6 is 34.5 Å². The first-order chi connectivity index (χ1) is 9.90. The molecular formula is C11H3Cl2N3O4S. The summed E-state index contributed by atoms with van der Waals surface area (Å²) in [4.78, 5) is 38.8. The molecule has 0 atom stereocenters. The third-order valence-corrected chi connectivity index (χ3v) is 4.54. The quantitative estimate of drug-likeness (QED) is 0.474. The zero-order valence-electron chi connectivity index (χ0n) is 9.87. The van der Waals surface area contributed by atoms with Gasteiger partial charge in [0, 0.05) is 12.1 Å². The molecule has 0 saturated heterocycles. The average molecular weight is 344 g/mol. The molecule has 1 aliphatic heterocycles. The van der Waals surface area contributed by atoms with Crippen molar-refractivity contribution in [1.82, 2.24) is 4.98 Å². The molecule has 2 heterocycles. The molecule has 2 amide bonds. The van der Waals surface area contributed by atoms with Crippen molar-refractivity contribution >= 4 is 67.4 Å². The lowest BCUT2D eigenvalue weighted by Crippen LogP contribution is -2.30. The first-order valence-corrected chi connectivity index (χ1v) is 6.96. The van der Waals surface area contributed by atoms with Crippen LogP contribution < -0.4 is 4.90 Å². The van der Waals surface area contributed by atoms with E-state index in [2.05, 4.69) is 4.98 Å². The maximum Gasteiger partial charge on any atom is 0.280 e. The van der Waals surface area contributed by atoms with Crippen molar-refractivity contribution in [3.05, 3.63) is 38.4 Å². The third kappa shape index (κ3) is 2.08. The van der Waals surface area contributed by atoms with Crippen LogP contribution in [0.1, 0.15) is 0 Å². The second kappa shape index (κ2) is 4.76. The lowest BCUT2D eigenvalue weighted by Gasteiger charge is -2.08. The van der Waals surface area contributed by atoms with Crippen LogP contribution in [0.4, 0.5) is 10.8 Å². The van der Waals surface area contributed by atoms with Gasteiger partial charge in [-0.25, -0.2) is 9.88 Å². The van der Waals surface area contributed by atoms with Crippen molar-refractivity contribution in [1.29, 1.82) is 0 Å². The first kappa shape index (κ1) is 13.9. The van der Waals surface area contributed by atoms with Crippen molar-refractivity contribution in [3.8, 4) is 0 Å². The average Bonchev–Trinajstić information content (AvgIpc) is 2.94. The van der Waals surface area contributed by atoms with Crippen LogP contribution in [0, 0.1) is 10.1 Å². The predicted octanol–water partition coefficient (Wildman–Crippen LogP) is 2.77. The molecule has 0 saturated carbocycles. The van der Waals surface area contributed by atoms with Gasteiger partial charge in [-0.05, 0) is 6.07 Å². The molecule has 0 radical (unpaired) electrons. The fraction of sp³-hybridized carbons (Fsp3) is 0. The number of non-ortho nitro benzene ring substituents is 1. The second-order valence-electron chi connectivity index (χ2n) is 3.98. The Bertz CT molecular complexity index is 836. The van der Waals surface area contributed by atoms with Gasteiger partial charge in [-0.15, -0.1) is 0 Å². The number of imide groups is 1. The summed E-state index contributed by atoms with van der Waals surface area (Å²) in [6, 6.07) is 4.05. The molecule has 0 fully saturated rings. The molecule has 3 rings (SSSR count). The number of nitro groups is 1. The molecule has 1 aromatic heterocycles. The molecule has 0 spiro atoms. The summed E-state index contributed by atoms with van der Waals surface area (Å²) in [6.07, 6.45) is 0. The number of halogens is 2. The van der Waals surface area contributed by atoms with Crippen LogP contribution in [-0.2, 0) is 9.59 Å². The number of aromatic nitrogens is 1. The van der Waals surface area contributed by atoms with Gasteiger partial charge in [0.05, 0.1) is 15.1 Å². The lowest BCUT2D eigenvalue weighted by molar-refractivity contribution is -0.384. The van der Waals surface area contributed by atoms with Crippen LogP contribution in [0.3, 0.4) is 0 Å². The summed E-state index contributed by atoms with van der Waals surface area (Å²) in [5, 5.41) is 10.1. The van der Waals surface area contributed by atoms with E-state index in [4.69, 9.17) is 23.2 Å². The topological polar surface area (TPSA) is 93.4 Å². The highest BCUT2D eigenvalue weighted by molar-refractivity contribution is 7.22. The van der Waals surface area contributed by atoms with Gasteiger partial charge in [0.15, 0.2) is 0 Å². The highest BCUT2D eigenvalue weighted by Gasteiger charge is 2.39. The van der Waals surface area contributed by atoms with Gasteiger partial charge < -0.3 is 0 Å². The zero-order chi connectivity index (χ0) is 15.3. The number of hydrogen-bond donors (Lipinski definition) is 0. The molecule has 1 aliphatic rings. The van der Waals surface area contributed by atoms with Gasteiger partial charge in [0.1, 0.15) is 10.1 Å². The number of carbonyl (C=O) groups is 2. The molecule has 106 valence electrons. The number of carbonyl (C=O) groups excluding carboxylic acids is 2. The van der Waals surface area contributed by atoms with Crippen molar-refractivity contribution in [2.75, 3.05) is 4.90 Å². The summed E-state index contributed by atoms with van der Waals surface area (Å²) in [5.74, 6) is -1.53. The van der Waals surface area contributed by atoms with Crippen molar-refractivity contribution < 1.29 is 14.5 Å². The summed E-state index contributed by atoms with van der Waals surface area (Å²) < 4.78 is 0.471. The minimum Gasteiger partial charge on any atom is -0.267 e. The molecule has 0 bridgehead atoms. The largest absolute Gasteiger partial charge is 0.280 e. The van der Waals surface area contributed by atoms with Crippen LogP contribution in [0.15, 0.2) is 28.3 Å². The van der Waals surface area contributed by atoms with Gasteiger partial charge in [0.2, 0.25) is 5.13 Å².